The van der Waals surface area contributed by atoms with Crippen molar-refractivity contribution in [2.75, 3.05) is 29.9 Å². The molecule has 19 heavy (non-hydrogen) atoms. The Morgan fingerprint density at radius 2 is 2.00 bits per heavy atom. The van der Waals surface area contributed by atoms with Crippen LogP contribution in [0.2, 0.25) is 0 Å². The fourth-order valence-electron chi connectivity index (χ4n) is 1.25. The highest BCUT2D eigenvalue weighted by atomic mass is 16.6. The minimum Gasteiger partial charge on any atom is -0.444 e. The van der Waals surface area contributed by atoms with Crippen LogP contribution in [0.3, 0.4) is 0 Å². The summed E-state index contributed by atoms with van der Waals surface area (Å²) in [5.74, 6) is 0.891. The zero-order valence-corrected chi connectivity index (χ0v) is 11.5. The minimum atomic E-state index is -0.496. The molecule has 6 N–H and O–H groups in total. The van der Waals surface area contributed by atoms with Crippen molar-refractivity contribution in [1.29, 1.82) is 0 Å². The Hall–Kier alpha value is -2.18. The molecule has 1 amide bonds. The summed E-state index contributed by atoms with van der Waals surface area (Å²) in [4.78, 5) is 15.4. The van der Waals surface area contributed by atoms with Crippen LogP contribution >= 0.6 is 0 Å². The van der Waals surface area contributed by atoms with E-state index < -0.39 is 11.7 Å². The second-order valence-corrected chi connectivity index (χ2v) is 5.03. The lowest BCUT2D eigenvalue weighted by Gasteiger charge is -2.19. The number of ether oxygens (including phenoxy) is 1. The number of hydrogen-bond donors (Lipinski definition) is 4. The maximum Gasteiger partial charge on any atom is 0.407 e. The van der Waals surface area contributed by atoms with Crippen LogP contribution < -0.4 is 22.1 Å². The van der Waals surface area contributed by atoms with Gasteiger partial charge in [-0.25, -0.2) is 9.78 Å². The van der Waals surface area contributed by atoms with Crippen molar-refractivity contribution < 1.29 is 9.53 Å². The SMILES string of the molecule is CC(C)(C)OC(=O)NCCNc1ccc(N)c(N)n1. The first kappa shape index (κ1) is 14.9. The average molecular weight is 267 g/mol. The van der Waals surface area contributed by atoms with Gasteiger partial charge in [-0.2, -0.15) is 0 Å². The van der Waals surface area contributed by atoms with Crippen LogP contribution in [0.15, 0.2) is 12.1 Å². The summed E-state index contributed by atoms with van der Waals surface area (Å²) >= 11 is 0. The van der Waals surface area contributed by atoms with Crippen molar-refractivity contribution >= 4 is 23.4 Å². The Labute approximate surface area is 112 Å². The van der Waals surface area contributed by atoms with Gasteiger partial charge in [0.15, 0.2) is 0 Å². The molecule has 0 atom stereocenters. The highest BCUT2D eigenvalue weighted by molar-refractivity contribution is 5.67. The van der Waals surface area contributed by atoms with Crippen LogP contribution in [0, 0.1) is 0 Å². The molecule has 1 rings (SSSR count). The van der Waals surface area contributed by atoms with E-state index in [0.29, 0.717) is 24.6 Å². The number of nitrogens with two attached hydrogens (primary N) is 2. The van der Waals surface area contributed by atoms with E-state index in [0.717, 1.165) is 0 Å². The Morgan fingerprint density at radius 3 is 2.58 bits per heavy atom. The molecule has 0 spiro atoms. The zero-order valence-electron chi connectivity index (χ0n) is 11.5. The van der Waals surface area contributed by atoms with Gasteiger partial charge in [0.1, 0.15) is 17.2 Å². The lowest BCUT2D eigenvalue weighted by molar-refractivity contribution is 0.0530. The van der Waals surface area contributed by atoms with Gasteiger partial charge in [0.05, 0.1) is 5.69 Å². The number of carbonyl (C=O) groups excluding carboxylic acids is 1. The number of aromatic nitrogens is 1. The third-order valence-electron chi connectivity index (χ3n) is 2.06. The van der Waals surface area contributed by atoms with Crippen LogP contribution in [0.25, 0.3) is 0 Å². The van der Waals surface area contributed by atoms with Gasteiger partial charge in [-0.15, -0.1) is 0 Å². The van der Waals surface area contributed by atoms with Crippen LogP contribution in [-0.4, -0.2) is 29.8 Å². The van der Waals surface area contributed by atoms with Gasteiger partial charge < -0.3 is 26.8 Å². The largest absolute Gasteiger partial charge is 0.444 e. The summed E-state index contributed by atoms with van der Waals surface area (Å²) in [5.41, 5.74) is 11.1. The van der Waals surface area contributed by atoms with E-state index in [2.05, 4.69) is 15.6 Å². The molecule has 0 unspecified atom stereocenters. The van der Waals surface area contributed by atoms with Gasteiger partial charge >= 0.3 is 6.09 Å². The monoisotopic (exact) mass is 267 g/mol. The van der Waals surface area contributed by atoms with E-state index in [1.54, 1.807) is 12.1 Å². The predicted octanol–water partition coefficient (Wildman–Crippen LogP) is 1.18. The van der Waals surface area contributed by atoms with Crippen LogP contribution in [0.4, 0.5) is 22.1 Å². The Morgan fingerprint density at radius 1 is 1.32 bits per heavy atom. The summed E-state index contributed by atoms with van der Waals surface area (Å²) in [6.45, 7) is 6.36. The molecule has 7 heteroatoms. The third kappa shape index (κ3) is 5.80. The van der Waals surface area contributed by atoms with E-state index >= 15 is 0 Å². The van der Waals surface area contributed by atoms with Crippen molar-refractivity contribution in [3.05, 3.63) is 12.1 Å². The number of amides is 1. The molecule has 0 radical (unpaired) electrons. The highest BCUT2D eigenvalue weighted by Gasteiger charge is 2.15. The van der Waals surface area contributed by atoms with Gasteiger partial charge in [-0.1, -0.05) is 0 Å². The standard InChI is InChI=1S/C12H21N5O2/c1-12(2,3)19-11(18)16-7-6-15-9-5-4-8(13)10(14)17-9/h4-5H,6-7,13H2,1-3H3,(H,16,18)(H3,14,15,17). The number of nitrogen functional groups attached to an aromatic ring is 2. The van der Waals surface area contributed by atoms with Crippen molar-refractivity contribution in [2.45, 2.75) is 26.4 Å². The summed E-state index contributed by atoms with van der Waals surface area (Å²) < 4.78 is 5.09. The molecular formula is C12H21N5O2. The van der Waals surface area contributed by atoms with Crippen LogP contribution in [-0.2, 0) is 4.74 Å². The second kappa shape index (κ2) is 6.12. The molecule has 0 aliphatic heterocycles. The van der Waals surface area contributed by atoms with E-state index in [1.807, 2.05) is 20.8 Å². The predicted molar refractivity (Wildman–Crippen MR) is 75.8 cm³/mol. The van der Waals surface area contributed by atoms with E-state index in [1.165, 1.54) is 0 Å². The lowest BCUT2D eigenvalue weighted by Crippen LogP contribution is -2.35. The normalized spacial score (nSPS) is 10.9. The molecule has 0 saturated carbocycles. The molecule has 0 bridgehead atoms. The molecule has 0 aromatic carbocycles. The maximum atomic E-state index is 11.4. The van der Waals surface area contributed by atoms with Gasteiger partial charge in [0, 0.05) is 13.1 Å². The number of nitrogens with one attached hydrogen (secondary N) is 2. The third-order valence-corrected chi connectivity index (χ3v) is 2.06. The quantitative estimate of drug-likeness (QED) is 0.609. The number of anilines is 3. The molecular weight excluding hydrogens is 246 g/mol. The number of carbonyl (C=O) groups is 1. The van der Waals surface area contributed by atoms with Crippen molar-refractivity contribution in [3.8, 4) is 0 Å². The molecule has 1 aromatic heterocycles. The summed E-state index contributed by atoms with van der Waals surface area (Å²) in [6, 6.07) is 3.39. The second-order valence-electron chi connectivity index (χ2n) is 5.03. The van der Waals surface area contributed by atoms with Gasteiger partial charge in [-0.05, 0) is 32.9 Å². The Balaban J connectivity index is 2.27. The maximum absolute atomic E-state index is 11.4. The van der Waals surface area contributed by atoms with Crippen molar-refractivity contribution in [3.63, 3.8) is 0 Å². The van der Waals surface area contributed by atoms with Gasteiger partial charge in [0.2, 0.25) is 0 Å². The number of hydrogen-bond acceptors (Lipinski definition) is 6. The molecule has 106 valence electrons. The Bertz CT molecular complexity index is 442. The molecule has 0 aliphatic carbocycles. The van der Waals surface area contributed by atoms with E-state index in [9.17, 15) is 4.79 Å². The summed E-state index contributed by atoms with van der Waals surface area (Å²) in [5, 5.41) is 5.64. The molecule has 0 fully saturated rings. The first-order chi connectivity index (χ1) is 8.78. The lowest BCUT2D eigenvalue weighted by atomic mass is 10.2. The highest BCUT2D eigenvalue weighted by Crippen LogP contribution is 2.14. The van der Waals surface area contributed by atoms with Crippen molar-refractivity contribution in [2.24, 2.45) is 0 Å². The van der Waals surface area contributed by atoms with Crippen LogP contribution in [0.1, 0.15) is 20.8 Å². The topological polar surface area (TPSA) is 115 Å². The first-order valence-corrected chi connectivity index (χ1v) is 6.00. The molecule has 0 aliphatic rings. The zero-order chi connectivity index (χ0) is 14.5. The molecule has 0 saturated heterocycles. The first-order valence-electron chi connectivity index (χ1n) is 6.00. The number of nitrogens with zero attached hydrogens (tertiary/aromatic N) is 1. The molecule has 7 nitrogen and oxygen atoms in total. The van der Waals surface area contributed by atoms with Gasteiger partial charge in [-0.3, -0.25) is 0 Å². The Kier molecular flexibility index (Phi) is 4.80. The number of rotatable bonds is 4. The van der Waals surface area contributed by atoms with E-state index in [-0.39, 0.29) is 5.82 Å². The number of pyridine rings is 1. The fraction of sp³-hybridized carbons (Fsp3) is 0.500. The van der Waals surface area contributed by atoms with E-state index in [4.69, 9.17) is 16.2 Å². The van der Waals surface area contributed by atoms with Crippen molar-refractivity contribution in [1.82, 2.24) is 10.3 Å². The summed E-state index contributed by atoms with van der Waals surface area (Å²) in [7, 11) is 0. The fourth-order valence-corrected chi connectivity index (χ4v) is 1.25. The minimum absolute atomic E-state index is 0.283. The smallest absolute Gasteiger partial charge is 0.407 e. The van der Waals surface area contributed by atoms with Gasteiger partial charge in [0.25, 0.3) is 0 Å². The molecule has 1 aromatic rings. The number of alkyl carbamates (subject to hydrolysis) is 1. The molecule has 1 heterocycles. The summed E-state index contributed by atoms with van der Waals surface area (Å²) in [6.07, 6.45) is -0.445. The van der Waals surface area contributed by atoms with Crippen LogP contribution in [0.5, 0.6) is 0 Å². The average Bonchev–Trinajstić information content (AvgIpc) is 2.27.